The van der Waals surface area contributed by atoms with Crippen LogP contribution in [-0.4, -0.2) is 15.0 Å². The summed E-state index contributed by atoms with van der Waals surface area (Å²) in [5.41, 5.74) is 11.5. The van der Waals surface area contributed by atoms with E-state index in [2.05, 4.69) is 133 Å². The Balaban J connectivity index is 1.19. The predicted octanol–water partition coefficient (Wildman–Crippen LogP) is 12.4. The van der Waals surface area contributed by atoms with E-state index in [4.69, 9.17) is 19.4 Å². The third kappa shape index (κ3) is 4.23. The van der Waals surface area contributed by atoms with Gasteiger partial charge >= 0.3 is 0 Å². The maximum Gasteiger partial charge on any atom is 0.165 e. The van der Waals surface area contributed by atoms with Gasteiger partial charge in [-0.3, -0.25) is 0 Å². The average molecular weight is 650 g/mol. The predicted molar refractivity (Wildman–Crippen MR) is 208 cm³/mol. The van der Waals surface area contributed by atoms with E-state index in [1.165, 1.54) is 38.2 Å². The third-order valence-electron chi connectivity index (χ3n) is 10.3. The van der Waals surface area contributed by atoms with E-state index >= 15 is 0 Å². The summed E-state index contributed by atoms with van der Waals surface area (Å²) >= 11 is 0. The molecule has 0 radical (unpaired) electrons. The summed E-state index contributed by atoms with van der Waals surface area (Å²) in [6, 6.07) is 57.3. The lowest BCUT2D eigenvalue weighted by atomic mass is 9.93. The summed E-state index contributed by atoms with van der Waals surface area (Å²) in [4.78, 5) is 15.7. The van der Waals surface area contributed by atoms with Crippen LogP contribution in [0.5, 0.6) is 0 Å². The van der Waals surface area contributed by atoms with Gasteiger partial charge in [0, 0.05) is 33.0 Å². The van der Waals surface area contributed by atoms with Gasteiger partial charge in [0.25, 0.3) is 0 Å². The van der Waals surface area contributed by atoms with Crippen LogP contribution in [0.4, 0.5) is 0 Å². The van der Waals surface area contributed by atoms with Crippen molar-refractivity contribution in [3.05, 3.63) is 164 Å². The number of aromatic nitrogens is 3. The third-order valence-corrected chi connectivity index (χ3v) is 10.3. The first-order valence-corrected chi connectivity index (χ1v) is 17.2. The van der Waals surface area contributed by atoms with Crippen molar-refractivity contribution in [2.45, 2.75) is 0 Å². The molecule has 0 saturated heterocycles. The molecule has 0 fully saturated rings. The molecule has 4 nitrogen and oxygen atoms in total. The molecule has 1 aliphatic carbocycles. The zero-order valence-electron chi connectivity index (χ0n) is 27.3. The van der Waals surface area contributed by atoms with Crippen LogP contribution in [0.3, 0.4) is 0 Å². The maximum absolute atomic E-state index is 6.58. The van der Waals surface area contributed by atoms with Crippen LogP contribution >= 0.6 is 0 Å². The highest BCUT2D eigenvalue weighted by atomic mass is 16.3. The number of hydrogen-bond donors (Lipinski definition) is 0. The summed E-state index contributed by atoms with van der Waals surface area (Å²) in [6.07, 6.45) is 0. The Kier molecular flexibility index (Phi) is 5.92. The van der Waals surface area contributed by atoms with Crippen LogP contribution < -0.4 is 0 Å². The smallest absolute Gasteiger partial charge is 0.165 e. The molecule has 0 spiro atoms. The molecule has 0 saturated carbocycles. The fraction of sp³-hybridized carbons (Fsp3) is 0. The molecule has 4 heteroatoms. The van der Waals surface area contributed by atoms with Gasteiger partial charge in [-0.2, -0.15) is 0 Å². The molecule has 0 bridgehead atoms. The van der Waals surface area contributed by atoms with Gasteiger partial charge in [0.15, 0.2) is 17.5 Å². The topological polar surface area (TPSA) is 51.8 Å². The van der Waals surface area contributed by atoms with Crippen molar-refractivity contribution in [3.63, 3.8) is 0 Å². The molecule has 2 aromatic heterocycles. The first-order chi connectivity index (χ1) is 25.3. The Morgan fingerprint density at radius 3 is 1.73 bits per heavy atom. The van der Waals surface area contributed by atoms with Crippen LogP contribution in [0.25, 0.3) is 111 Å². The Bertz CT molecular complexity index is 3010. The number of rotatable bonds is 4. The van der Waals surface area contributed by atoms with Crippen molar-refractivity contribution in [3.8, 4) is 67.5 Å². The van der Waals surface area contributed by atoms with Gasteiger partial charge in [-0.1, -0.05) is 152 Å². The number of nitrogens with zero attached hydrogens (tertiary/aromatic N) is 3. The number of benzene rings is 8. The van der Waals surface area contributed by atoms with E-state index < -0.39 is 0 Å². The average Bonchev–Trinajstić information content (AvgIpc) is 3.73. The van der Waals surface area contributed by atoms with E-state index in [1.54, 1.807) is 0 Å². The van der Waals surface area contributed by atoms with Crippen molar-refractivity contribution in [2.75, 3.05) is 0 Å². The van der Waals surface area contributed by atoms with Gasteiger partial charge < -0.3 is 4.42 Å². The maximum atomic E-state index is 6.58. The fourth-order valence-corrected chi connectivity index (χ4v) is 7.99. The molecule has 10 aromatic rings. The minimum absolute atomic E-state index is 0.621. The quantitative estimate of drug-likeness (QED) is 0.190. The Labute approximate surface area is 293 Å². The lowest BCUT2D eigenvalue weighted by Crippen LogP contribution is -2.01. The zero-order chi connectivity index (χ0) is 33.5. The van der Waals surface area contributed by atoms with Gasteiger partial charge in [0.2, 0.25) is 0 Å². The summed E-state index contributed by atoms with van der Waals surface area (Å²) in [5, 5.41) is 6.95. The molecule has 51 heavy (non-hydrogen) atoms. The molecule has 0 amide bonds. The highest BCUT2D eigenvalue weighted by Gasteiger charge is 2.30. The van der Waals surface area contributed by atoms with E-state index in [9.17, 15) is 0 Å². The van der Waals surface area contributed by atoms with Crippen LogP contribution in [0.15, 0.2) is 168 Å². The standard InChI is InChI=1S/C47H27N3O/c1-2-12-31(13-3-1)45-48-46(32-25-23-29(24-26-32)34-19-8-14-28-11-4-5-17-33(28)34)50-47(49-45)44-42-37-21-10-16-30-15-9-20-35(41(30)37)38(42)27-40-43(44)36-18-6-7-22-39(36)51-40/h1-27H. The Hall–Kier alpha value is -6.91. The Morgan fingerprint density at radius 1 is 0.333 bits per heavy atom. The summed E-state index contributed by atoms with van der Waals surface area (Å²) in [7, 11) is 0. The molecule has 236 valence electrons. The second kappa shape index (κ2) is 10.8. The highest BCUT2D eigenvalue weighted by molar-refractivity contribution is 6.25. The molecule has 2 heterocycles. The van der Waals surface area contributed by atoms with E-state index in [1.807, 2.05) is 30.3 Å². The van der Waals surface area contributed by atoms with Crippen molar-refractivity contribution >= 4 is 43.5 Å². The molecule has 11 rings (SSSR count). The first kappa shape index (κ1) is 28.0. The lowest BCUT2D eigenvalue weighted by Gasteiger charge is -2.14. The molecule has 1 aliphatic rings. The number of hydrogen-bond acceptors (Lipinski definition) is 4. The van der Waals surface area contributed by atoms with Crippen LogP contribution in [0.2, 0.25) is 0 Å². The van der Waals surface area contributed by atoms with Crippen molar-refractivity contribution < 1.29 is 4.42 Å². The molecule has 0 N–H and O–H groups in total. The Morgan fingerprint density at radius 2 is 0.922 bits per heavy atom. The van der Waals surface area contributed by atoms with Crippen molar-refractivity contribution in [2.24, 2.45) is 0 Å². The second-order valence-electron chi connectivity index (χ2n) is 13.1. The summed E-state index contributed by atoms with van der Waals surface area (Å²) < 4.78 is 6.58. The fourth-order valence-electron chi connectivity index (χ4n) is 7.99. The first-order valence-electron chi connectivity index (χ1n) is 17.2. The molecule has 0 unspecified atom stereocenters. The van der Waals surface area contributed by atoms with Gasteiger partial charge in [0.05, 0.1) is 0 Å². The van der Waals surface area contributed by atoms with Crippen molar-refractivity contribution in [1.82, 2.24) is 15.0 Å². The monoisotopic (exact) mass is 649 g/mol. The molecule has 8 aromatic carbocycles. The van der Waals surface area contributed by atoms with Crippen molar-refractivity contribution in [1.29, 1.82) is 0 Å². The second-order valence-corrected chi connectivity index (χ2v) is 13.1. The van der Waals surface area contributed by atoms with E-state index in [0.717, 1.165) is 55.3 Å². The van der Waals surface area contributed by atoms with Gasteiger partial charge in [-0.15, -0.1) is 0 Å². The zero-order valence-corrected chi connectivity index (χ0v) is 27.3. The van der Waals surface area contributed by atoms with Crippen LogP contribution in [0, 0.1) is 0 Å². The normalized spacial score (nSPS) is 11.9. The van der Waals surface area contributed by atoms with Crippen LogP contribution in [0.1, 0.15) is 0 Å². The minimum atomic E-state index is 0.621. The number of fused-ring (bicyclic) bond motifs is 7. The number of furan rings is 1. The minimum Gasteiger partial charge on any atom is -0.456 e. The van der Waals surface area contributed by atoms with Gasteiger partial charge in [0.1, 0.15) is 11.2 Å². The van der Waals surface area contributed by atoms with E-state index in [0.29, 0.717) is 17.5 Å². The van der Waals surface area contributed by atoms with Crippen LogP contribution in [-0.2, 0) is 0 Å². The van der Waals surface area contributed by atoms with E-state index in [-0.39, 0.29) is 0 Å². The molecule has 0 aliphatic heterocycles. The molecular formula is C47H27N3O. The SMILES string of the molecule is c1ccc(-c2nc(-c3ccc(-c4cccc5ccccc45)cc3)nc(-c3c4c(cc5oc6ccccc6c35)-c3cccc5cccc-4c35)n2)cc1. The summed E-state index contributed by atoms with van der Waals surface area (Å²) in [6.45, 7) is 0. The van der Waals surface area contributed by atoms with Gasteiger partial charge in [-0.05, 0) is 61.5 Å². The molecular weight excluding hydrogens is 623 g/mol. The number of para-hydroxylation sites is 1. The molecule has 0 atom stereocenters. The van der Waals surface area contributed by atoms with Gasteiger partial charge in [-0.25, -0.2) is 15.0 Å². The largest absolute Gasteiger partial charge is 0.456 e. The highest BCUT2D eigenvalue weighted by Crippen LogP contribution is 2.54. The summed E-state index contributed by atoms with van der Waals surface area (Å²) in [5.74, 6) is 1.87. The lowest BCUT2D eigenvalue weighted by molar-refractivity contribution is 0.669.